The first-order chi connectivity index (χ1) is 51.6. The van der Waals surface area contributed by atoms with E-state index in [0.29, 0.717) is 19.3 Å². The summed E-state index contributed by atoms with van der Waals surface area (Å²) in [5, 5.41) is 69.0. The summed E-state index contributed by atoms with van der Waals surface area (Å²) < 4.78 is 35.8. The fourth-order valence-electron chi connectivity index (χ4n) is 8.96. The van der Waals surface area contributed by atoms with E-state index in [2.05, 4.69) is 20.7 Å². The van der Waals surface area contributed by atoms with Gasteiger partial charge < -0.3 is 109 Å². The number of rotatable bonds is 47. The summed E-state index contributed by atoms with van der Waals surface area (Å²) in [6.07, 6.45) is -3.61. The Bertz CT molecular complexity index is 3090. The van der Waals surface area contributed by atoms with Crippen molar-refractivity contribution in [1.29, 1.82) is 0 Å². The summed E-state index contributed by atoms with van der Waals surface area (Å²) in [5.74, 6) is -6.31. The Morgan fingerprint density at radius 3 is 1.01 bits per heavy atom. The summed E-state index contributed by atoms with van der Waals surface area (Å²) in [5.41, 5.74) is -0.432. The van der Waals surface area contributed by atoms with E-state index in [1.54, 1.807) is 62.3 Å². The summed E-state index contributed by atoms with van der Waals surface area (Å²) in [7, 11) is 0. The maximum atomic E-state index is 13.2. The first kappa shape index (κ1) is 102. The number of nitrogens with zero attached hydrogens (tertiary/aromatic N) is 4. The number of hydrogen-bond donors (Lipinski definition) is 10. The number of esters is 3. The number of benzene rings is 2. The predicted octanol–water partition coefficient (Wildman–Crippen LogP) is 3.18. The maximum absolute atomic E-state index is 13.2. The molecule has 36 heteroatoms. The molecule has 2 aromatic rings. The van der Waals surface area contributed by atoms with E-state index >= 15 is 0 Å². The van der Waals surface area contributed by atoms with Crippen LogP contribution >= 0.6 is 0 Å². The molecule has 622 valence electrons. The van der Waals surface area contributed by atoms with Gasteiger partial charge in [-0.05, 0) is 113 Å². The number of aliphatic hydroxyl groups excluding tert-OH is 5. The number of hydrogen-bond acceptors (Lipinski definition) is 27. The Kier molecular flexibility index (Phi) is 54.0. The van der Waals surface area contributed by atoms with Crippen LogP contribution in [0.2, 0.25) is 0 Å². The Hall–Kier alpha value is -9.91. The van der Waals surface area contributed by atoms with Crippen LogP contribution in [0.15, 0.2) is 60.7 Å². The molecule has 7 amide bonds. The molecule has 0 spiro atoms. The SMILES string of the molecule is CC(=O)CCC(=O)N(CCO)CCO.CC(=O)CCC(=O)N(CCOC(=O)CC[C@H](NC(=O)OC(C)(C)C)C(=O)OCCN(CCO)C(=O)CCc1ccccc1)CCOC(=O)[C@H](CCC(=O)O)NC(=O)OC(C)(C)C.CC(C)(C)OC(=O)N[C@@H](CCC(=O)O)OC=O.O=C(CCc1ccccc1)N(CCO)CCO. The van der Waals surface area contributed by atoms with Crippen LogP contribution in [0.25, 0.3) is 0 Å². The van der Waals surface area contributed by atoms with Crippen LogP contribution in [-0.4, -0.2) is 285 Å². The van der Waals surface area contributed by atoms with Crippen LogP contribution in [0.5, 0.6) is 0 Å². The van der Waals surface area contributed by atoms with Crippen molar-refractivity contribution in [2.75, 3.05) is 105 Å². The number of carbonyl (C=O) groups excluding carboxylic acids is 13. The number of carboxylic acids is 2. The summed E-state index contributed by atoms with van der Waals surface area (Å²) in [4.78, 5) is 183. The first-order valence-electron chi connectivity index (χ1n) is 35.8. The molecule has 0 aliphatic carbocycles. The highest BCUT2D eigenvalue weighted by molar-refractivity contribution is 5.86. The number of carboxylic acid groups (broad SMARTS) is 2. The smallest absolute Gasteiger partial charge is 0.410 e. The van der Waals surface area contributed by atoms with Crippen LogP contribution in [0.4, 0.5) is 14.4 Å². The molecule has 2 rings (SSSR count). The van der Waals surface area contributed by atoms with E-state index in [0.717, 1.165) is 11.1 Å². The Balaban J connectivity index is 0. The standard InChI is InChI=1S/C42H64N4O16.C13H19NO3.C10H17NO6.C9H17NO4/c1-29(48)13-17-33(49)46(24-28-60-37(54)31(15-19-35(51)52)43-39(56)61-41(2,3)4)22-26-58-36(53)20-16-32(44-40(57)62-42(5,6)7)38(55)59-27-23-45(21-25-47)34(50)18-14-30-11-9-8-10-12-30;15-10-8-14(9-11-16)13(17)7-6-12-4-2-1-3-5-12;1-10(2,3)17-9(15)11-7(16-6-12)4-5-8(13)14;1-8(13)2-3-9(14)10(4-6-11)5-7-12/h8-12,31-32,47H,13-28H2,1-7H3,(H,43,56)(H,44,57)(H,51,52);1-5,15-16H,6-11H2;6-7H,4-5H2,1-3H3,(H,11,15)(H,13,14);11-12H,2-7H2,1H3/t31-,32-;;7-;/m0.1./s1. The molecule has 2 aromatic carbocycles. The van der Waals surface area contributed by atoms with Gasteiger partial charge in [0.2, 0.25) is 23.6 Å². The number of amides is 7. The quantitative estimate of drug-likeness (QED) is 0.0197. The number of alkyl carbamates (subject to hydrolysis) is 3. The normalized spacial score (nSPS) is 11.6. The third kappa shape index (κ3) is 56.4. The van der Waals surface area contributed by atoms with Gasteiger partial charge in [-0.25, -0.2) is 24.0 Å². The first-order valence-corrected chi connectivity index (χ1v) is 35.8. The van der Waals surface area contributed by atoms with Crippen molar-refractivity contribution in [3.8, 4) is 0 Å². The molecule has 3 atom stereocenters. The van der Waals surface area contributed by atoms with Gasteiger partial charge in [0.1, 0.15) is 60.3 Å². The minimum Gasteiger partial charge on any atom is -0.481 e. The predicted molar refractivity (Wildman–Crippen MR) is 394 cm³/mol. The molecule has 0 bridgehead atoms. The van der Waals surface area contributed by atoms with E-state index in [-0.39, 0.29) is 192 Å². The molecule has 0 radical (unpaired) electrons. The Labute approximate surface area is 642 Å². The maximum Gasteiger partial charge on any atom is 0.410 e. The molecule has 0 aromatic heterocycles. The van der Waals surface area contributed by atoms with Crippen LogP contribution in [0.1, 0.15) is 164 Å². The highest BCUT2D eigenvalue weighted by atomic mass is 16.6. The van der Waals surface area contributed by atoms with E-state index in [1.807, 2.05) is 60.7 Å². The average Bonchev–Trinajstić information content (AvgIpc) is 0.900. The van der Waals surface area contributed by atoms with Crippen molar-refractivity contribution in [3.05, 3.63) is 71.8 Å². The minimum absolute atomic E-state index is 0.00387. The molecule has 0 saturated carbocycles. The fourth-order valence-corrected chi connectivity index (χ4v) is 8.96. The average molecular weight is 1570 g/mol. The Morgan fingerprint density at radius 1 is 0.391 bits per heavy atom. The molecular formula is C74H117N7O29. The van der Waals surface area contributed by atoms with Gasteiger partial charge in [0.15, 0.2) is 6.23 Å². The number of ether oxygens (including phenoxy) is 7. The van der Waals surface area contributed by atoms with Crippen LogP contribution in [0.3, 0.4) is 0 Å². The lowest BCUT2D eigenvalue weighted by Crippen LogP contribution is -2.45. The topological polar surface area (TPSA) is 511 Å². The molecule has 36 nitrogen and oxygen atoms in total. The van der Waals surface area contributed by atoms with E-state index in [4.69, 9.17) is 59.1 Å². The van der Waals surface area contributed by atoms with E-state index in [1.165, 1.54) is 33.4 Å². The molecule has 0 fully saturated rings. The fraction of sp³-hybridized carbons (Fsp3) is 0.635. The highest BCUT2D eigenvalue weighted by Gasteiger charge is 2.30. The van der Waals surface area contributed by atoms with Crippen molar-refractivity contribution in [1.82, 2.24) is 35.6 Å². The van der Waals surface area contributed by atoms with Gasteiger partial charge >= 0.3 is 48.1 Å². The zero-order valence-electron chi connectivity index (χ0n) is 65.2. The van der Waals surface area contributed by atoms with E-state index in [9.17, 15) is 77.0 Å². The number of nitrogens with one attached hydrogen (secondary N) is 3. The summed E-state index contributed by atoms with van der Waals surface area (Å²) in [6.45, 7) is 16.3. The number of aryl methyl sites for hydroxylation is 2. The zero-order valence-corrected chi connectivity index (χ0v) is 65.2. The molecule has 0 aliphatic rings. The van der Waals surface area contributed by atoms with Gasteiger partial charge in [-0.1, -0.05) is 60.7 Å². The van der Waals surface area contributed by atoms with Gasteiger partial charge in [0.05, 0.1) is 59.1 Å². The molecule has 10 N–H and O–H groups in total. The van der Waals surface area contributed by atoms with Crippen molar-refractivity contribution >= 4 is 89.8 Å². The third-order valence-corrected chi connectivity index (χ3v) is 14.2. The van der Waals surface area contributed by atoms with Gasteiger partial charge in [-0.3, -0.25) is 43.7 Å². The second kappa shape index (κ2) is 58.1. The molecule has 110 heavy (non-hydrogen) atoms. The second-order valence-electron chi connectivity index (χ2n) is 27.2. The third-order valence-electron chi connectivity index (χ3n) is 14.2. The molecule has 0 heterocycles. The number of aliphatic carboxylic acids is 2. The Morgan fingerprint density at radius 2 is 0.691 bits per heavy atom. The van der Waals surface area contributed by atoms with Crippen molar-refractivity contribution in [2.24, 2.45) is 0 Å². The monoisotopic (exact) mass is 1570 g/mol. The lowest BCUT2D eigenvalue weighted by molar-refractivity contribution is -0.150. The number of aliphatic hydroxyl groups is 5. The van der Waals surface area contributed by atoms with Crippen LogP contribution < -0.4 is 16.0 Å². The van der Waals surface area contributed by atoms with Gasteiger partial charge in [0.25, 0.3) is 6.47 Å². The summed E-state index contributed by atoms with van der Waals surface area (Å²) in [6, 6.07) is 16.4. The summed E-state index contributed by atoms with van der Waals surface area (Å²) >= 11 is 0. The van der Waals surface area contributed by atoms with Crippen molar-refractivity contribution < 1.29 is 141 Å². The van der Waals surface area contributed by atoms with Gasteiger partial charge in [-0.15, -0.1) is 0 Å². The molecule has 0 unspecified atom stereocenters. The van der Waals surface area contributed by atoms with Gasteiger partial charge in [-0.2, -0.15) is 0 Å². The zero-order chi connectivity index (χ0) is 83.8. The molecule has 0 saturated heterocycles. The van der Waals surface area contributed by atoms with Crippen LogP contribution in [0, 0.1) is 0 Å². The van der Waals surface area contributed by atoms with Crippen molar-refractivity contribution in [2.45, 2.75) is 201 Å². The lowest BCUT2D eigenvalue weighted by atomic mass is 10.1. The number of Topliss-reactive ketones (excluding diaryl/α,β-unsaturated/α-hetero) is 2. The minimum atomic E-state index is -1.38. The van der Waals surface area contributed by atoms with Gasteiger partial charge in [0, 0.05) is 90.5 Å². The number of ketones is 2. The van der Waals surface area contributed by atoms with Crippen LogP contribution in [-0.2, 0) is 104 Å². The number of carbonyl (C=O) groups is 15. The van der Waals surface area contributed by atoms with Crippen molar-refractivity contribution in [3.63, 3.8) is 0 Å². The largest absolute Gasteiger partial charge is 0.481 e. The highest BCUT2D eigenvalue weighted by Crippen LogP contribution is 2.14. The molecular weight excluding hydrogens is 1450 g/mol. The lowest BCUT2D eigenvalue weighted by Gasteiger charge is -2.25. The molecule has 0 aliphatic heterocycles. The van der Waals surface area contributed by atoms with E-state index < -0.39 is 109 Å². The second-order valence-corrected chi connectivity index (χ2v) is 27.2.